The molecule has 132 valence electrons. The van der Waals surface area contributed by atoms with Crippen molar-refractivity contribution in [1.29, 1.82) is 0 Å². The van der Waals surface area contributed by atoms with Crippen LogP contribution in [0.1, 0.15) is 22.8 Å². The lowest BCUT2D eigenvalue weighted by molar-refractivity contribution is -0.122. The fraction of sp³-hybridized carbons (Fsp3) is 0.263. The van der Waals surface area contributed by atoms with Crippen LogP contribution in [0.5, 0.6) is 11.5 Å². The van der Waals surface area contributed by atoms with Crippen molar-refractivity contribution in [3.8, 4) is 11.5 Å². The van der Waals surface area contributed by atoms with Gasteiger partial charge in [0.15, 0.2) is 6.10 Å². The highest BCUT2D eigenvalue weighted by molar-refractivity contribution is 5.98. The summed E-state index contributed by atoms with van der Waals surface area (Å²) in [6.07, 6.45) is -0.728. The van der Waals surface area contributed by atoms with E-state index in [4.69, 9.17) is 14.2 Å². The maximum absolute atomic E-state index is 12.4. The highest BCUT2D eigenvalue weighted by Crippen LogP contribution is 2.22. The zero-order valence-corrected chi connectivity index (χ0v) is 14.7. The number of esters is 1. The molecule has 0 aliphatic rings. The number of carbonyl (C=O) groups is 2. The van der Waals surface area contributed by atoms with E-state index in [0.29, 0.717) is 28.3 Å². The van der Waals surface area contributed by atoms with Crippen LogP contribution in [-0.2, 0) is 9.53 Å². The van der Waals surface area contributed by atoms with Crippen LogP contribution in [0.3, 0.4) is 0 Å². The van der Waals surface area contributed by atoms with Crippen LogP contribution in [0, 0.1) is 6.92 Å². The maximum atomic E-state index is 12.4. The van der Waals surface area contributed by atoms with Crippen LogP contribution >= 0.6 is 0 Å². The monoisotopic (exact) mass is 343 g/mol. The van der Waals surface area contributed by atoms with Gasteiger partial charge in [-0.1, -0.05) is 12.1 Å². The molecule has 25 heavy (non-hydrogen) atoms. The van der Waals surface area contributed by atoms with E-state index in [2.05, 4.69) is 5.32 Å². The number of carbonyl (C=O) groups excluding carboxylic acids is 2. The number of hydrogen-bond donors (Lipinski definition) is 1. The Morgan fingerprint density at radius 1 is 1.04 bits per heavy atom. The summed E-state index contributed by atoms with van der Waals surface area (Å²) in [5.41, 5.74) is 1.58. The van der Waals surface area contributed by atoms with Gasteiger partial charge in [-0.25, -0.2) is 4.79 Å². The van der Waals surface area contributed by atoms with Gasteiger partial charge in [-0.2, -0.15) is 0 Å². The molecule has 2 rings (SSSR count). The molecule has 2 aromatic rings. The summed E-state index contributed by atoms with van der Waals surface area (Å²) in [6.45, 7) is 3.39. The van der Waals surface area contributed by atoms with Crippen LogP contribution < -0.4 is 14.8 Å². The molecule has 0 bridgehead atoms. The molecular formula is C19H21NO5. The Labute approximate surface area is 146 Å². The van der Waals surface area contributed by atoms with E-state index in [1.807, 2.05) is 0 Å². The topological polar surface area (TPSA) is 73.9 Å². The molecule has 0 unspecified atom stereocenters. The quantitative estimate of drug-likeness (QED) is 0.816. The van der Waals surface area contributed by atoms with Crippen molar-refractivity contribution in [2.24, 2.45) is 0 Å². The molecule has 6 nitrogen and oxygen atoms in total. The van der Waals surface area contributed by atoms with Gasteiger partial charge in [-0.15, -0.1) is 0 Å². The Balaban J connectivity index is 2.09. The third-order valence-corrected chi connectivity index (χ3v) is 3.72. The zero-order valence-electron chi connectivity index (χ0n) is 14.7. The standard InChI is InChI=1S/C19H21NO5/c1-12-16(19(22)24-4)9-6-10-17(12)20-18(21)13(2)25-15-8-5-7-14(11-15)23-3/h5-11,13H,1-4H3,(H,20,21)/t13-/m1/s1. The number of anilines is 1. The molecule has 0 aliphatic heterocycles. The van der Waals surface area contributed by atoms with E-state index in [1.165, 1.54) is 7.11 Å². The predicted molar refractivity (Wildman–Crippen MR) is 94.2 cm³/mol. The average molecular weight is 343 g/mol. The van der Waals surface area contributed by atoms with Crippen LogP contribution in [0.15, 0.2) is 42.5 Å². The highest BCUT2D eigenvalue weighted by atomic mass is 16.5. The molecule has 0 aromatic heterocycles. The molecule has 0 fully saturated rings. The van der Waals surface area contributed by atoms with Crippen molar-refractivity contribution in [2.75, 3.05) is 19.5 Å². The molecule has 0 spiro atoms. The van der Waals surface area contributed by atoms with Crippen molar-refractivity contribution in [1.82, 2.24) is 0 Å². The first-order chi connectivity index (χ1) is 12.0. The number of ether oxygens (including phenoxy) is 3. The Bertz CT molecular complexity index is 772. The van der Waals surface area contributed by atoms with E-state index in [0.717, 1.165) is 0 Å². The van der Waals surface area contributed by atoms with Gasteiger partial charge in [-0.05, 0) is 43.7 Å². The number of rotatable bonds is 6. The minimum atomic E-state index is -0.728. The van der Waals surface area contributed by atoms with Crippen molar-refractivity contribution in [3.63, 3.8) is 0 Å². The van der Waals surface area contributed by atoms with Gasteiger partial charge in [0.1, 0.15) is 11.5 Å². The Hall–Kier alpha value is -3.02. The molecule has 6 heteroatoms. The van der Waals surface area contributed by atoms with Crippen LogP contribution in [-0.4, -0.2) is 32.2 Å². The lowest BCUT2D eigenvalue weighted by Gasteiger charge is -2.17. The number of methoxy groups -OCH3 is 2. The molecular weight excluding hydrogens is 322 g/mol. The minimum absolute atomic E-state index is 0.326. The molecule has 0 saturated heterocycles. The van der Waals surface area contributed by atoms with Crippen molar-refractivity contribution >= 4 is 17.6 Å². The summed E-state index contributed by atoms with van der Waals surface area (Å²) in [7, 11) is 2.88. The highest BCUT2D eigenvalue weighted by Gasteiger charge is 2.18. The lowest BCUT2D eigenvalue weighted by atomic mass is 10.1. The van der Waals surface area contributed by atoms with Gasteiger partial charge >= 0.3 is 5.97 Å². The van der Waals surface area contributed by atoms with Crippen LogP contribution in [0.2, 0.25) is 0 Å². The number of amides is 1. The molecule has 1 atom stereocenters. The molecule has 1 N–H and O–H groups in total. The summed E-state index contributed by atoms with van der Waals surface area (Å²) in [4.78, 5) is 24.1. The molecule has 0 saturated carbocycles. The van der Waals surface area contributed by atoms with Gasteiger partial charge in [0.2, 0.25) is 0 Å². The van der Waals surface area contributed by atoms with Crippen LogP contribution in [0.4, 0.5) is 5.69 Å². The van der Waals surface area contributed by atoms with Crippen molar-refractivity contribution < 1.29 is 23.8 Å². The zero-order chi connectivity index (χ0) is 18.4. The minimum Gasteiger partial charge on any atom is -0.497 e. The molecule has 0 heterocycles. The number of hydrogen-bond acceptors (Lipinski definition) is 5. The Morgan fingerprint density at radius 2 is 1.72 bits per heavy atom. The average Bonchev–Trinajstić information content (AvgIpc) is 2.62. The Kier molecular flexibility index (Phi) is 6.00. The van der Waals surface area contributed by atoms with E-state index in [1.54, 1.807) is 63.4 Å². The van der Waals surface area contributed by atoms with Gasteiger partial charge < -0.3 is 19.5 Å². The maximum Gasteiger partial charge on any atom is 0.338 e. The van der Waals surface area contributed by atoms with E-state index >= 15 is 0 Å². The summed E-state index contributed by atoms with van der Waals surface area (Å²) >= 11 is 0. The first kappa shape index (κ1) is 18.3. The summed E-state index contributed by atoms with van der Waals surface area (Å²) < 4.78 is 15.5. The van der Waals surface area contributed by atoms with Gasteiger partial charge in [-0.3, -0.25) is 4.79 Å². The normalized spacial score (nSPS) is 11.4. The van der Waals surface area contributed by atoms with Gasteiger partial charge in [0.05, 0.1) is 19.8 Å². The third-order valence-electron chi connectivity index (χ3n) is 3.72. The lowest BCUT2D eigenvalue weighted by Crippen LogP contribution is -2.30. The predicted octanol–water partition coefficient (Wildman–Crippen LogP) is 3.20. The summed E-state index contributed by atoms with van der Waals surface area (Å²) in [6, 6.07) is 12.1. The molecule has 1 amide bonds. The largest absolute Gasteiger partial charge is 0.497 e. The van der Waals surface area contributed by atoms with Crippen molar-refractivity contribution in [3.05, 3.63) is 53.6 Å². The molecule has 0 aliphatic carbocycles. The number of nitrogens with one attached hydrogen (secondary N) is 1. The molecule has 0 radical (unpaired) electrons. The van der Waals surface area contributed by atoms with Crippen LogP contribution in [0.25, 0.3) is 0 Å². The first-order valence-electron chi connectivity index (χ1n) is 7.75. The first-order valence-corrected chi connectivity index (χ1v) is 7.75. The van der Waals surface area contributed by atoms with Crippen molar-refractivity contribution in [2.45, 2.75) is 20.0 Å². The third kappa shape index (κ3) is 4.50. The van der Waals surface area contributed by atoms with Gasteiger partial charge in [0.25, 0.3) is 5.91 Å². The van der Waals surface area contributed by atoms with Gasteiger partial charge in [0, 0.05) is 11.8 Å². The summed E-state index contributed by atoms with van der Waals surface area (Å²) in [5, 5.41) is 2.78. The van der Waals surface area contributed by atoms with E-state index in [9.17, 15) is 9.59 Å². The fourth-order valence-electron chi connectivity index (χ4n) is 2.27. The van der Waals surface area contributed by atoms with E-state index < -0.39 is 12.1 Å². The number of benzene rings is 2. The van der Waals surface area contributed by atoms with E-state index in [-0.39, 0.29) is 5.91 Å². The summed E-state index contributed by atoms with van der Waals surface area (Å²) in [5.74, 6) is 0.399. The fourth-order valence-corrected chi connectivity index (χ4v) is 2.27. The second kappa shape index (κ2) is 8.19. The smallest absolute Gasteiger partial charge is 0.338 e. The molecule has 2 aromatic carbocycles. The second-order valence-corrected chi connectivity index (χ2v) is 5.40. The SMILES string of the molecule is COC(=O)c1cccc(NC(=O)[C@@H](C)Oc2cccc(OC)c2)c1C. The Morgan fingerprint density at radius 3 is 2.40 bits per heavy atom. The second-order valence-electron chi connectivity index (χ2n) is 5.40.